The van der Waals surface area contributed by atoms with Crippen LogP contribution in [0.2, 0.25) is 0 Å². The van der Waals surface area contributed by atoms with Crippen LogP contribution in [-0.4, -0.2) is 30.0 Å². The molecule has 1 aromatic carbocycles. The lowest BCUT2D eigenvalue weighted by Gasteiger charge is -2.21. The van der Waals surface area contributed by atoms with Crippen LogP contribution in [0.1, 0.15) is 34.8 Å². The molecule has 3 aromatic rings. The molecular formula is C20H19N3O5S. The molecule has 0 aliphatic carbocycles. The summed E-state index contributed by atoms with van der Waals surface area (Å²) in [5.41, 5.74) is 1.50. The molecule has 1 aliphatic heterocycles. The van der Waals surface area contributed by atoms with Crippen LogP contribution in [0.4, 0.5) is 5.13 Å². The highest BCUT2D eigenvalue weighted by atomic mass is 32.1. The van der Waals surface area contributed by atoms with Gasteiger partial charge in [0.05, 0.1) is 24.4 Å². The zero-order chi connectivity index (χ0) is 20.2. The highest BCUT2D eigenvalue weighted by molar-refractivity contribution is 7.14. The maximum atomic E-state index is 12.4. The summed E-state index contributed by atoms with van der Waals surface area (Å²) in [7, 11) is 0. The zero-order valence-electron chi connectivity index (χ0n) is 15.6. The van der Waals surface area contributed by atoms with Gasteiger partial charge >= 0.3 is 0 Å². The number of nitrogens with zero attached hydrogens (tertiary/aromatic N) is 1. The standard InChI is InChI=1S/C20H19N3O5S/c1-12(13-4-5-15-17(9-13)28-8-7-27-15)21-18(24)10-14-11-29-20(22-14)23-19(25)16-3-2-6-26-16/h2-6,9,11-12H,7-8,10H2,1H3,(H,21,24)(H,22,23,25)/t12-/m1/s1. The fourth-order valence-corrected chi connectivity index (χ4v) is 3.59. The van der Waals surface area contributed by atoms with Crippen molar-refractivity contribution in [2.45, 2.75) is 19.4 Å². The van der Waals surface area contributed by atoms with Gasteiger partial charge in [-0.15, -0.1) is 11.3 Å². The summed E-state index contributed by atoms with van der Waals surface area (Å²) in [5, 5.41) is 7.76. The van der Waals surface area contributed by atoms with Crippen LogP contribution in [-0.2, 0) is 11.2 Å². The molecule has 0 radical (unpaired) electrons. The van der Waals surface area contributed by atoms with E-state index in [4.69, 9.17) is 13.9 Å². The first-order valence-corrected chi connectivity index (χ1v) is 9.94. The molecule has 2 aromatic heterocycles. The third-order valence-electron chi connectivity index (χ3n) is 4.30. The van der Waals surface area contributed by atoms with Crippen molar-refractivity contribution in [3.05, 3.63) is 59.0 Å². The monoisotopic (exact) mass is 413 g/mol. The topological polar surface area (TPSA) is 103 Å². The molecule has 0 saturated carbocycles. The molecular weight excluding hydrogens is 394 g/mol. The summed E-state index contributed by atoms with van der Waals surface area (Å²) in [5.74, 6) is 1.05. The molecule has 2 N–H and O–H groups in total. The molecule has 9 heteroatoms. The molecule has 0 saturated heterocycles. The Hall–Kier alpha value is -3.33. The third-order valence-corrected chi connectivity index (χ3v) is 5.11. The molecule has 4 rings (SSSR count). The number of benzene rings is 1. The van der Waals surface area contributed by atoms with E-state index >= 15 is 0 Å². The van der Waals surface area contributed by atoms with Crippen molar-refractivity contribution in [3.8, 4) is 11.5 Å². The van der Waals surface area contributed by atoms with E-state index in [2.05, 4.69) is 15.6 Å². The fraction of sp³-hybridized carbons (Fsp3) is 0.250. The van der Waals surface area contributed by atoms with Crippen molar-refractivity contribution in [1.82, 2.24) is 10.3 Å². The van der Waals surface area contributed by atoms with E-state index < -0.39 is 0 Å². The van der Waals surface area contributed by atoms with Gasteiger partial charge in [0.1, 0.15) is 13.2 Å². The van der Waals surface area contributed by atoms with Crippen molar-refractivity contribution < 1.29 is 23.5 Å². The number of rotatable bonds is 6. The molecule has 2 amide bonds. The van der Waals surface area contributed by atoms with Crippen molar-refractivity contribution >= 4 is 28.3 Å². The number of hydrogen-bond acceptors (Lipinski definition) is 7. The smallest absolute Gasteiger partial charge is 0.293 e. The van der Waals surface area contributed by atoms with Gasteiger partial charge in [-0.2, -0.15) is 0 Å². The maximum Gasteiger partial charge on any atom is 0.293 e. The third kappa shape index (κ3) is 4.57. The first-order chi connectivity index (χ1) is 14.1. The molecule has 0 fully saturated rings. The first-order valence-electron chi connectivity index (χ1n) is 9.06. The summed E-state index contributed by atoms with van der Waals surface area (Å²) in [6.45, 7) is 2.95. The second-order valence-electron chi connectivity index (χ2n) is 6.44. The van der Waals surface area contributed by atoms with Crippen LogP contribution >= 0.6 is 11.3 Å². The van der Waals surface area contributed by atoms with Gasteiger partial charge in [0.2, 0.25) is 5.91 Å². The lowest BCUT2D eigenvalue weighted by molar-refractivity contribution is -0.121. The van der Waals surface area contributed by atoms with Gasteiger partial charge in [0, 0.05) is 5.38 Å². The lowest BCUT2D eigenvalue weighted by Crippen LogP contribution is -2.28. The summed E-state index contributed by atoms with van der Waals surface area (Å²) in [4.78, 5) is 28.7. The highest BCUT2D eigenvalue weighted by Gasteiger charge is 2.17. The number of anilines is 1. The van der Waals surface area contributed by atoms with E-state index in [1.807, 2.05) is 25.1 Å². The van der Waals surface area contributed by atoms with E-state index in [1.54, 1.807) is 17.5 Å². The number of ether oxygens (including phenoxy) is 2. The fourth-order valence-electron chi connectivity index (χ4n) is 2.88. The number of thiazole rings is 1. The first kappa shape index (κ1) is 19.0. The Bertz CT molecular complexity index is 1020. The number of fused-ring (bicyclic) bond motifs is 1. The van der Waals surface area contributed by atoms with Gasteiger partial charge in [-0.25, -0.2) is 4.98 Å². The molecule has 0 spiro atoms. The number of carbonyl (C=O) groups is 2. The number of carbonyl (C=O) groups excluding carboxylic acids is 2. The Kier molecular flexibility index (Phi) is 5.48. The number of furan rings is 1. The lowest BCUT2D eigenvalue weighted by atomic mass is 10.1. The highest BCUT2D eigenvalue weighted by Crippen LogP contribution is 2.32. The Morgan fingerprint density at radius 1 is 1.21 bits per heavy atom. The second kappa shape index (κ2) is 8.36. The molecule has 150 valence electrons. The van der Waals surface area contributed by atoms with Crippen molar-refractivity contribution in [2.24, 2.45) is 0 Å². The average Bonchev–Trinajstić information content (AvgIpc) is 3.40. The van der Waals surface area contributed by atoms with Crippen LogP contribution in [0.3, 0.4) is 0 Å². The van der Waals surface area contributed by atoms with Crippen molar-refractivity contribution in [2.75, 3.05) is 18.5 Å². The largest absolute Gasteiger partial charge is 0.486 e. The SMILES string of the molecule is C[C@@H](NC(=O)Cc1csc(NC(=O)c2ccco2)n1)c1ccc2c(c1)OCCO2. The minimum atomic E-state index is -0.382. The Labute approximate surface area is 170 Å². The van der Waals surface area contributed by atoms with Crippen LogP contribution in [0.25, 0.3) is 0 Å². The molecule has 8 nitrogen and oxygen atoms in total. The van der Waals surface area contributed by atoms with Gasteiger partial charge < -0.3 is 19.2 Å². The van der Waals surface area contributed by atoms with Crippen LogP contribution in [0.5, 0.6) is 11.5 Å². The molecule has 1 atom stereocenters. The number of hydrogen-bond donors (Lipinski definition) is 2. The van der Waals surface area contributed by atoms with Gasteiger partial charge in [0.15, 0.2) is 22.4 Å². The second-order valence-corrected chi connectivity index (χ2v) is 7.30. The van der Waals surface area contributed by atoms with Crippen LogP contribution in [0, 0.1) is 0 Å². The van der Waals surface area contributed by atoms with E-state index in [0.29, 0.717) is 35.5 Å². The summed E-state index contributed by atoms with van der Waals surface area (Å²) in [6, 6.07) is 8.64. The van der Waals surface area contributed by atoms with Gasteiger partial charge in [-0.1, -0.05) is 6.07 Å². The van der Waals surface area contributed by atoms with Crippen LogP contribution in [0.15, 0.2) is 46.4 Å². The van der Waals surface area contributed by atoms with Crippen molar-refractivity contribution in [1.29, 1.82) is 0 Å². The van der Waals surface area contributed by atoms with Crippen LogP contribution < -0.4 is 20.1 Å². The maximum absolute atomic E-state index is 12.4. The normalized spacial score (nSPS) is 13.6. The van der Waals surface area contributed by atoms with E-state index in [0.717, 1.165) is 5.56 Å². The van der Waals surface area contributed by atoms with Gasteiger partial charge in [-0.3, -0.25) is 14.9 Å². The predicted molar refractivity (Wildman–Crippen MR) is 106 cm³/mol. The van der Waals surface area contributed by atoms with Gasteiger partial charge in [0.25, 0.3) is 5.91 Å². The Morgan fingerprint density at radius 2 is 2.03 bits per heavy atom. The number of nitrogens with one attached hydrogen (secondary N) is 2. The molecule has 0 unspecified atom stereocenters. The zero-order valence-corrected chi connectivity index (χ0v) is 16.5. The quantitative estimate of drug-likeness (QED) is 0.643. The van der Waals surface area contributed by atoms with E-state index in [-0.39, 0.29) is 30.0 Å². The molecule has 29 heavy (non-hydrogen) atoms. The van der Waals surface area contributed by atoms with Gasteiger partial charge in [-0.05, 0) is 36.8 Å². The Balaban J connectivity index is 1.32. The molecule has 3 heterocycles. The minimum Gasteiger partial charge on any atom is -0.486 e. The summed E-state index contributed by atoms with van der Waals surface area (Å²) >= 11 is 1.25. The number of aromatic nitrogens is 1. The Morgan fingerprint density at radius 3 is 2.83 bits per heavy atom. The molecule has 1 aliphatic rings. The minimum absolute atomic E-state index is 0.113. The van der Waals surface area contributed by atoms with Crippen molar-refractivity contribution in [3.63, 3.8) is 0 Å². The summed E-state index contributed by atoms with van der Waals surface area (Å²) in [6.07, 6.45) is 1.54. The summed E-state index contributed by atoms with van der Waals surface area (Å²) < 4.78 is 16.1. The number of amides is 2. The average molecular weight is 413 g/mol. The predicted octanol–water partition coefficient (Wildman–Crippen LogP) is 3.18. The molecule has 0 bridgehead atoms. The van der Waals surface area contributed by atoms with E-state index in [1.165, 1.54) is 17.6 Å². The van der Waals surface area contributed by atoms with E-state index in [9.17, 15) is 9.59 Å².